The number of carbonyl (C=O) groups is 2. The third-order valence-corrected chi connectivity index (χ3v) is 4.41. The van der Waals surface area contributed by atoms with Crippen molar-refractivity contribution in [3.8, 4) is 0 Å². The summed E-state index contributed by atoms with van der Waals surface area (Å²) < 4.78 is 42.8. The lowest BCUT2D eigenvalue weighted by Crippen LogP contribution is -2.42. The topological polar surface area (TPSA) is 80.3 Å². The van der Waals surface area contributed by atoms with Gasteiger partial charge >= 0.3 is 12.3 Å². The van der Waals surface area contributed by atoms with Gasteiger partial charge in [-0.1, -0.05) is 0 Å². The van der Waals surface area contributed by atoms with Gasteiger partial charge in [0.2, 0.25) is 5.91 Å². The average Bonchev–Trinajstić information content (AvgIpc) is 2.58. The Balaban J connectivity index is 1.74. The number of ether oxygens (including phenoxy) is 1. The smallest absolute Gasteiger partial charge is 0.417 e. The Labute approximate surface area is 162 Å². The van der Waals surface area contributed by atoms with Crippen LogP contribution in [0.25, 0.3) is 0 Å². The van der Waals surface area contributed by atoms with Gasteiger partial charge < -0.3 is 15.4 Å². The maximum absolute atomic E-state index is 12.5. The van der Waals surface area contributed by atoms with Crippen LogP contribution < -0.4 is 10.6 Å². The molecular formula is C19H26F3N3O3. The van der Waals surface area contributed by atoms with E-state index < -0.39 is 23.4 Å². The van der Waals surface area contributed by atoms with Crippen LogP contribution in [0, 0.1) is 5.92 Å². The third kappa shape index (κ3) is 7.01. The van der Waals surface area contributed by atoms with Gasteiger partial charge in [0.05, 0.1) is 17.8 Å². The highest BCUT2D eigenvalue weighted by atomic mass is 19.4. The molecule has 1 aliphatic carbocycles. The standard InChI is InChI=1S/C19H26F3N3O3/c1-18(2,3)28-17(27)25-14-7-4-12(5-8-14)16(26)24-11-15-9-6-13(10-23-15)19(20,21)22/h6,9-10,12,14H,4-5,7-8,11H2,1-3H3,(H,24,26)(H,25,27)/t12-,14-. The molecule has 156 valence electrons. The van der Waals surface area contributed by atoms with E-state index in [1.807, 2.05) is 0 Å². The molecule has 6 nitrogen and oxygen atoms in total. The van der Waals surface area contributed by atoms with E-state index in [4.69, 9.17) is 4.74 Å². The van der Waals surface area contributed by atoms with E-state index in [2.05, 4.69) is 15.6 Å². The second-order valence-electron chi connectivity index (χ2n) is 7.95. The molecule has 2 amide bonds. The number of carbonyl (C=O) groups excluding carboxylic acids is 2. The maximum atomic E-state index is 12.5. The number of halogens is 3. The zero-order valence-corrected chi connectivity index (χ0v) is 16.2. The van der Waals surface area contributed by atoms with Crippen LogP contribution in [0.3, 0.4) is 0 Å². The lowest BCUT2D eigenvalue weighted by molar-refractivity contribution is -0.137. The Morgan fingerprint density at radius 3 is 2.29 bits per heavy atom. The van der Waals surface area contributed by atoms with Crippen LogP contribution in [0.15, 0.2) is 18.3 Å². The largest absolute Gasteiger partial charge is 0.444 e. The van der Waals surface area contributed by atoms with Crippen LogP contribution in [0.1, 0.15) is 57.7 Å². The minimum Gasteiger partial charge on any atom is -0.444 e. The van der Waals surface area contributed by atoms with Gasteiger partial charge in [-0.15, -0.1) is 0 Å². The number of hydrogen-bond acceptors (Lipinski definition) is 4. The van der Waals surface area contributed by atoms with E-state index in [1.54, 1.807) is 20.8 Å². The number of hydrogen-bond donors (Lipinski definition) is 2. The fourth-order valence-electron chi connectivity index (χ4n) is 2.99. The molecule has 1 aromatic rings. The van der Waals surface area contributed by atoms with Crippen molar-refractivity contribution < 1.29 is 27.5 Å². The molecule has 0 atom stereocenters. The molecule has 9 heteroatoms. The number of pyridine rings is 1. The van der Waals surface area contributed by atoms with E-state index in [-0.39, 0.29) is 24.4 Å². The molecule has 0 saturated heterocycles. The fourth-order valence-corrected chi connectivity index (χ4v) is 2.99. The fraction of sp³-hybridized carbons (Fsp3) is 0.632. The zero-order valence-electron chi connectivity index (χ0n) is 16.2. The Hall–Kier alpha value is -2.32. The molecule has 1 fully saturated rings. The lowest BCUT2D eigenvalue weighted by Gasteiger charge is -2.29. The minimum atomic E-state index is -4.43. The number of aromatic nitrogens is 1. The Morgan fingerprint density at radius 2 is 1.79 bits per heavy atom. The van der Waals surface area contributed by atoms with E-state index in [0.717, 1.165) is 12.3 Å². The molecule has 0 spiro atoms. The Bertz CT molecular complexity index is 676. The maximum Gasteiger partial charge on any atom is 0.417 e. The summed E-state index contributed by atoms with van der Waals surface area (Å²) in [7, 11) is 0. The van der Waals surface area contributed by atoms with Gasteiger partial charge in [0.1, 0.15) is 5.60 Å². The summed E-state index contributed by atoms with van der Waals surface area (Å²) in [6.07, 6.45) is -1.57. The van der Waals surface area contributed by atoms with Crippen LogP contribution in [0.4, 0.5) is 18.0 Å². The molecule has 0 bridgehead atoms. The predicted molar refractivity (Wildman–Crippen MR) is 96.2 cm³/mol. The summed E-state index contributed by atoms with van der Waals surface area (Å²) in [6.45, 7) is 5.45. The molecule has 2 rings (SSSR count). The molecule has 0 radical (unpaired) electrons. The molecule has 1 aliphatic rings. The normalized spacial score (nSPS) is 20.4. The van der Waals surface area contributed by atoms with Gasteiger partial charge in [0.15, 0.2) is 0 Å². The molecule has 1 heterocycles. The first kappa shape index (κ1) is 22.0. The van der Waals surface area contributed by atoms with Crippen molar-refractivity contribution >= 4 is 12.0 Å². The van der Waals surface area contributed by atoms with Gasteiger partial charge in [-0.25, -0.2) is 4.79 Å². The number of nitrogens with one attached hydrogen (secondary N) is 2. The van der Waals surface area contributed by atoms with Crippen molar-refractivity contribution in [1.29, 1.82) is 0 Å². The van der Waals surface area contributed by atoms with Crippen LogP contribution in [0.5, 0.6) is 0 Å². The summed E-state index contributed by atoms with van der Waals surface area (Å²) in [5.74, 6) is -0.344. The van der Waals surface area contributed by atoms with Crippen molar-refractivity contribution in [1.82, 2.24) is 15.6 Å². The summed E-state index contributed by atoms with van der Waals surface area (Å²) in [6, 6.07) is 2.17. The number of nitrogens with zero attached hydrogens (tertiary/aromatic N) is 1. The molecule has 0 aliphatic heterocycles. The molecule has 0 aromatic carbocycles. The molecule has 28 heavy (non-hydrogen) atoms. The summed E-state index contributed by atoms with van der Waals surface area (Å²) in [4.78, 5) is 27.8. The van der Waals surface area contributed by atoms with Crippen LogP contribution in [-0.2, 0) is 22.3 Å². The lowest BCUT2D eigenvalue weighted by atomic mass is 9.85. The summed E-state index contributed by atoms with van der Waals surface area (Å²) in [5, 5.41) is 5.53. The van der Waals surface area contributed by atoms with Crippen LogP contribution in [-0.4, -0.2) is 28.6 Å². The van der Waals surface area contributed by atoms with Crippen LogP contribution in [0.2, 0.25) is 0 Å². The van der Waals surface area contributed by atoms with Crippen molar-refractivity contribution in [2.45, 2.75) is 70.8 Å². The Kier molecular flexibility index (Phi) is 6.90. The van der Waals surface area contributed by atoms with Gasteiger partial charge in [0.25, 0.3) is 0 Å². The highest BCUT2D eigenvalue weighted by molar-refractivity contribution is 5.78. The van der Waals surface area contributed by atoms with Crippen molar-refractivity contribution in [2.75, 3.05) is 0 Å². The van der Waals surface area contributed by atoms with E-state index >= 15 is 0 Å². The third-order valence-electron chi connectivity index (χ3n) is 4.41. The van der Waals surface area contributed by atoms with Gasteiger partial charge in [-0.2, -0.15) is 13.2 Å². The summed E-state index contributed by atoms with van der Waals surface area (Å²) in [5.41, 5.74) is -1.02. The van der Waals surface area contributed by atoms with Gasteiger partial charge in [0, 0.05) is 18.2 Å². The molecule has 1 saturated carbocycles. The van der Waals surface area contributed by atoms with Crippen molar-refractivity contribution in [2.24, 2.45) is 5.92 Å². The molecule has 2 N–H and O–H groups in total. The highest BCUT2D eigenvalue weighted by Gasteiger charge is 2.31. The Morgan fingerprint density at radius 1 is 1.14 bits per heavy atom. The number of alkyl halides is 3. The molecule has 1 aromatic heterocycles. The van der Waals surface area contributed by atoms with Gasteiger partial charge in [-0.05, 0) is 58.6 Å². The number of rotatable bonds is 4. The predicted octanol–water partition coefficient (Wildman–Crippen LogP) is 3.80. The second-order valence-corrected chi connectivity index (χ2v) is 7.95. The first-order valence-electron chi connectivity index (χ1n) is 9.23. The average molecular weight is 401 g/mol. The summed E-state index contributed by atoms with van der Waals surface area (Å²) >= 11 is 0. The van der Waals surface area contributed by atoms with E-state index in [9.17, 15) is 22.8 Å². The SMILES string of the molecule is CC(C)(C)OC(=O)N[C@H]1CC[C@H](C(=O)NCc2ccc(C(F)(F)F)cn2)CC1. The number of alkyl carbamates (subject to hydrolysis) is 1. The first-order valence-corrected chi connectivity index (χ1v) is 9.23. The quantitative estimate of drug-likeness (QED) is 0.804. The first-order chi connectivity index (χ1) is 12.9. The van der Waals surface area contributed by atoms with Crippen LogP contribution >= 0.6 is 0 Å². The minimum absolute atomic E-state index is 0.0320. The van der Waals surface area contributed by atoms with E-state index in [1.165, 1.54) is 6.07 Å². The second kappa shape index (κ2) is 8.79. The number of amides is 2. The monoisotopic (exact) mass is 401 g/mol. The van der Waals surface area contributed by atoms with Crippen molar-refractivity contribution in [3.63, 3.8) is 0 Å². The molecule has 0 unspecified atom stereocenters. The van der Waals surface area contributed by atoms with E-state index in [0.29, 0.717) is 31.4 Å². The zero-order chi connectivity index (χ0) is 20.9. The molecular weight excluding hydrogens is 375 g/mol. The highest BCUT2D eigenvalue weighted by Crippen LogP contribution is 2.28. The van der Waals surface area contributed by atoms with Crippen molar-refractivity contribution in [3.05, 3.63) is 29.6 Å². The van der Waals surface area contributed by atoms with Gasteiger partial charge in [-0.3, -0.25) is 9.78 Å².